The zero-order valence-electron chi connectivity index (χ0n) is 14.1. The molecule has 1 unspecified atom stereocenters. The van der Waals surface area contributed by atoms with Crippen LogP contribution in [0.3, 0.4) is 0 Å². The maximum atomic E-state index is 12.3. The molecule has 0 aromatic heterocycles. The molecule has 1 atom stereocenters. The Morgan fingerprint density at radius 2 is 1.95 bits per heavy atom. The molecule has 126 valence electrons. The Kier molecular flexibility index (Phi) is 10.7. The number of rotatable bonds is 9. The van der Waals surface area contributed by atoms with Crippen LogP contribution in [0.15, 0.2) is 24.3 Å². The van der Waals surface area contributed by atoms with Gasteiger partial charge in [-0.15, -0.1) is 12.4 Å². The molecule has 0 aliphatic rings. The molecule has 0 saturated carbocycles. The second-order valence-electron chi connectivity index (χ2n) is 5.29. The van der Waals surface area contributed by atoms with Gasteiger partial charge in [0.1, 0.15) is 5.75 Å². The summed E-state index contributed by atoms with van der Waals surface area (Å²) in [6.07, 6.45) is 2.37. The summed E-state index contributed by atoms with van der Waals surface area (Å²) >= 11 is 0. The minimum Gasteiger partial charge on any atom is -0.497 e. The number of benzene rings is 1. The Balaban J connectivity index is 0.00000441. The average Bonchev–Trinajstić information content (AvgIpc) is 2.49. The van der Waals surface area contributed by atoms with Crippen molar-refractivity contribution in [3.63, 3.8) is 0 Å². The lowest BCUT2D eigenvalue weighted by atomic mass is 10.1. The van der Waals surface area contributed by atoms with Crippen molar-refractivity contribution in [3.05, 3.63) is 29.8 Å². The number of carbonyl (C=O) groups is 1. The standard InChI is InChI=1S/C17H28N2O2.ClH/c1-5-19(17(20)7-6-12-18-3)14(2)13-15-8-10-16(21-4)11-9-15;/h8-11,14,18H,5-7,12-13H2,1-4H3;1H. The van der Waals surface area contributed by atoms with Gasteiger partial charge in [-0.05, 0) is 58.0 Å². The van der Waals surface area contributed by atoms with Gasteiger partial charge in [-0.1, -0.05) is 12.1 Å². The van der Waals surface area contributed by atoms with E-state index >= 15 is 0 Å². The predicted octanol–water partition coefficient (Wildman–Crippen LogP) is 2.90. The minimum absolute atomic E-state index is 0. The summed E-state index contributed by atoms with van der Waals surface area (Å²) in [4.78, 5) is 14.2. The lowest BCUT2D eigenvalue weighted by molar-refractivity contribution is -0.133. The molecule has 1 rings (SSSR count). The number of hydrogen-bond donors (Lipinski definition) is 1. The van der Waals surface area contributed by atoms with E-state index in [0.717, 1.165) is 31.7 Å². The van der Waals surface area contributed by atoms with Crippen LogP contribution in [-0.2, 0) is 11.2 Å². The van der Waals surface area contributed by atoms with E-state index in [2.05, 4.69) is 24.4 Å². The highest BCUT2D eigenvalue weighted by Crippen LogP contribution is 2.15. The molecule has 1 amide bonds. The van der Waals surface area contributed by atoms with Crippen LogP contribution < -0.4 is 10.1 Å². The predicted molar refractivity (Wildman–Crippen MR) is 94.0 cm³/mol. The van der Waals surface area contributed by atoms with Crippen molar-refractivity contribution in [2.24, 2.45) is 0 Å². The summed E-state index contributed by atoms with van der Waals surface area (Å²) in [6.45, 7) is 5.80. The molecule has 5 heteroatoms. The molecule has 0 aliphatic carbocycles. The number of carbonyl (C=O) groups excluding carboxylic acids is 1. The number of amides is 1. The Morgan fingerprint density at radius 3 is 2.45 bits per heavy atom. The zero-order chi connectivity index (χ0) is 15.7. The molecule has 22 heavy (non-hydrogen) atoms. The summed E-state index contributed by atoms with van der Waals surface area (Å²) in [5.74, 6) is 1.11. The molecule has 0 saturated heterocycles. The minimum atomic E-state index is 0. The first-order chi connectivity index (χ1) is 10.1. The highest BCUT2D eigenvalue weighted by Gasteiger charge is 2.18. The van der Waals surface area contributed by atoms with E-state index in [9.17, 15) is 4.79 Å². The molecule has 1 aromatic carbocycles. The first-order valence-corrected chi connectivity index (χ1v) is 7.69. The van der Waals surface area contributed by atoms with Crippen molar-refractivity contribution in [2.75, 3.05) is 27.2 Å². The molecule has 0 spiro atoms. The smallest absolute Gasteiger partial charge is 0.222 e. The van der Waals surface area contributed by atoms with Crippen molar-refractivity contribution in [3.8, 4) is 5.75 Å². The molecule has 4 nitrogen and oxygen atoms in total. The molecule has 0 heterocycles. The quantitative estimate of drug-likeness (QED) is 0.709. The normalized spacial score (nSPS) is 11.5. The maximum absolute atomic E-state index is 12.3. The summed E-state index contributed by atoms with van der Waals surface area (Å²) in [6, 6.07) is 8.27. The van der Waals surface area contributed by atoms with E-state index in [1.807, 2.05) is 31.0 Å². The zero-order valence-corrected chi connectivity index (χ0v) is 14.9. The lowest BCUT2D eigenvalue weighted by Gasteiger charge is -2.28. The molecule has 0 radical (unpaired) electrons. The number of likely N-dealkylation sites (N-methyl/N-ethyl adjacent to an activating group) is 1. The highest BCUT2D eigenvalue weighted by molar-refractivity contribution is 5.85. The van der Waals surface area contributed by atoms with Gasteiger partial charge < -0.3 is 15.0 Å². The van der Waals surface area contributed by atoms with E-state index < -0.39 is 0 Å². The van der Waals surface area contributed by atoms with Gasteiger partial charge in [-0.25, -0.2) is 0 Å². The van der Waals surface area contributed by atoms with Crippen molar-refractivity contribution in [2.45, 2.75) is 39.2 Å². The summed E-state index contributed by atoms with van der Waals surface area (Å²) < 4.78 is 5.17. The van der Waals surface area contributed by atoms with Crippen molar-refractivity contribution in [1.82, 2.24) is 10.2 Å². The van der Waals surface area contributed by atoms with Gasteiger partial charge in [0.15, 0.2) is 0 Å². The van der Waals surface area contributed by atoms with Gasteiger partial charge in [0.25, 0.3) is 0 Å². The van der Waals surface area contributed by atoms with E-state index in [0.29, 0.717) is 6.42 Å². The van der Waals surface area contributed by atoms with Crippen molar-refractivity contribution < 1.29 is 9.53 Å². The number of nitrogens with zero attached hydrogens (tertiary/aromatic N) is 1. The Bertz CT molecular complexity index is 423. The summed E-state index contributed by atoms with van der Waals surface area (Å²) in [5.41, 5.74) is 1.23. The first kappa shape index (κ1) is 20.7. The number of ether oxygens (including phenoxy) is 1. The van der Waals surface area contributed by atoms with Gasteiger partial charge >= 0.3 is 0 Å². The molecule has 0 aliphatic heterocycles. The van der Waals surface area contributed by atoms with Crippen LogP contribution in [0, 0.1) is 0 Å². The lowest BCUT2D eigenvalue weighted by Crippen LogP contribution is -2.39. The second-order valence-corrected chi connectivity index (χ2v) is 5.29. The van der Waals surface area contributed by atoms with Crippen LogP contribution >= 0.6 is 12.4 Å². The van der Waals surface area contributed by atoms with E-state index in [4.69, 9.17) is 4.74 Å². The van der Waals surface area contributed by atoms with Crippen molar-refractivity contribution >= 4 is 18.3 Å². The summed E-state index contributed by atoms with van der Waals surface area (Å²) in [5, 5.41) is 3.08. The first-order valence-electron chi connectivity index (χ1n) is 7.69. The fourth-order valence-corrected chi connectivity index (χ4v) is 2.51. The molecule has 1 aromatic rings. The fourth-order valence-electron chi connectivity index (χ4n) is 2.51. The Morgan fingerprint density at radius 1 is 1.32 bits per heavy atom. The maximum Gasteiger partial charge on any atom is 0.222 e. The van der Waals surface area contributed by atoms with E-state index in [1.165, 1.54) is 5.56 Å². The van der Waals surface area contributed by atoms with Gasteiger partial charge in [-0.3, -0.25) is 4.79 Å². The van der Waals surface area contributed by atoms with Crippen LogP contribution in [-0.4, -0.2) is 44.1 Å². The monoisotopic (exact) mass is 328 g/mol. The molecule has 0 bridgehead atoms. The third kappa shape index (κ3) is 6.67. The van der Waals surface area contributed by atoms with Gasteiger partial charge in [-0.2, -0.15) is 0 Å². The Hall–Kier alpha value is -1.26. The number of hydrogen-bond acceptors (Lipinski definition) is 3. The third-order valence-corrected chi connectivity index (χ3v) is 3.70. The van der Waals surface area contributed by atoms with Crippen LogP contribution in [0.5, 0.6) is 5.75 Å². The van der Waals surface area contributed by atoms with E-state index in [-0.39, 0.29) is 24.4 Å². The largest absolute Gasteiger partial charge is 0.497 e. The van der Waals surface area contributed by atoms with Crippen LogP contribution in [0.25, 0.3) is 0 Å². The Labute approximate surface area is 140 Å². The molecular weight excluding hydrogens is 300 g/mol. The van der Waals surface area contributed by atoms with Crippen LogP contribution in [0.1, 0.15) is 32.3 Å². The number of nitrogens with one attached hydrogen (secondary N) is 1. The highest BCUT2D eigenvalue weighted by atomic mass is 35.5. The van der Waals surface area contributed by atoms with Crippen molar-refractivity contribution in [1.29, 1.82) is 0 Å². The van der Waals surface area contributed by atoms with Gasteiger partial charge in [0.2, 0.25) is 5.91 Å². The number of halogens is 1. The molecule has 1 N–H and O–H groups in total. The number of methoxy groups -OCH3 is 1. The molecular formula is C17H29ClN2O2. The second kappa shape index (κ2) is 11.3. The average molecular weight is 329 g/mol. The topological polar surface area (TPSA) is 41.6 Å². The summed E-state index contributed by atoms with van der Waals surface area (Å²) in [7, 11) is 3.58. The fraction of sp³-hybridized carbons (Fsp3) is 0.588. The van der Waals surface area contributed by atoms with Gasteiger partial charge in [0.05, 0.1) is 7.11 Å². The van der Waals surface area contributed by atoms with Gasteiger partial charge in [0, 0.05) is 19.0 Å². The van der Waals surface area contributed by atoms with Crippen LogP contribution in [0.4, 0.5) is 0 Å². The van der Waals surface area contributed by atoms with E-state index in [1.54, 1.807) is 7.11 Å². The van der Waals surface area contributed by atoms with Crippen LogP contribution in [0.2, 0.25) is 0 Å². The third-order valence-electron chi connectivity index (χ3n) is 3.70. The molecule has 0 fully saturated rings. The SMILES string of the molecule is CCN(C(=O)CCCNC)C(C)Cc1ccc(OC)cc1.Cl.